The molecule has 4 nitrogen and oxygen atoms in total. The van der Waals surface area contributed by atoms with E-state index in [2.05, 4.69) is 0 Å². The highest BCUT2D eigenvalue weighted by Gasteiger charge is 2.48. The summed E-state index contributed by atoms with van der Waals surface area (Å²) in [4.78, 5) is 29.8. The summed E-state index contributed by atoms with van der Waals surface area (Å²) >= 11 is 3.21. The van der Waals surface area contributed by atoms with Gasteiger partial charge in [-0.3, -0.25) is 9.59 Å². The van der Waals surface area contributed by atoms with Crippen LogP contribution in [0.4, 0.5) is 5.69 Å². The lowest BCUT2D eigenvalue weighted by Gasteiger charge is -2.24. The number of hydrogen-bond donors (Lipinski definition) is 0. The molecule has 6 heteroatoms. The van der Waals surface area contributed by atoms with Crippen molar-refractivity contribution in [2.24, 2.45) is 0 Å². The molecule has 0 bridgehead atoms. The quantitative estimate of drug-likeness (QED) is 0.867. The van der Waals surface area contributed by atoms with Crippen molar-refractivity contribution >= 4 is 40.2 Å². The number of nitrogens with zero attached hydrogens (tertiary/aromatic N) is 2. The molecule has 2 atom stereocenters. The van der Waals surface area contributed by atoms with Gasteiger partial charge in [0.1, 0.15) is 0 Å². The molecule has 0 spiro atoms. The molecule has 0 N–H and O–H groups in total. The van der Waals surface area contributed by atoms with E-state index in [-0.39, 0.29) is 23.9 Å². The molecule has 0 radical (unpaired) electrons. The van der Waals surface area contributed by atoms with Crippen LogP contribution in [0.15, 0.2) is 34.3 Å². The van der Waals surface area contributed by atoms with Gasteiger partial charge < -0.3 is 9.80 Å². The van der Waals surface area contributed by atoms with Crippen LogP contribution in [-0.2, 0) is 16.0 Å². The van der Waals surface area contributed by atoms with Crippen molar-refractivity contribution in [2.75, 3.05) is 11.4 Å². The lowest BCUT2D eigenvalue weighted by molar-refractivity contribution is -0.131. The standard InChI is InChI=1S/C16H16N2O2S2/c19-15(8-12-2-1-6-22-12)17-5-3-13-14(17)9-16(20)18(13)11-4-7-21-10-11/h1-2,4,6-7,10,13-14H,3,5,8-9H2/t13-,14+/m1/s1. The smallest absolute Gasteiger partial charge is 0.229 e. The van der Waals surface area contributed by atoms with Crippen LogP contribution in [0.5, 0.6) is 0 Å². The fraction of sp³-hybridized carbons (Fsp3) is 0.375. The van der Waals surface area contributed by atoms with Crippen LogP contribution in [-0.4, -0.2) is 35.3 Å². The predicted octanol–water partition coefficient (Wildman–Crippen LogP) is 2.76. The lowest BCUT2D eigenvalue weighted by atomic mass is 10.1. The Hall–Kier alpha value is -1.66. The van der Waals surface area contributed by atoms with E-state index >= 15 is 0 Å². The number of rotatable bonds is 3. The minimum absolute atomic E-state index is 0.0415. The first-order valence-corrected chi connectivity index (χ1v) is 9.22. The van der Waals surface area contributed by atoms with E-state index in [1.165, 1.54) is 0 Å². The van der Waals surface area contributed by atoms with Gasteiger partial charge in [-0.15, -0.1) is 11.3 Å². The van der Waals surface area contributed by atoms with Gasteiger partial charge in [-0.25, -0.2) is 0 Å². The van der Waals surface area contributed by atoms with Crippen LogP contribution in [0.2, 0.25) is 0 Å². The summed E-state index contributed by atoms with van der Waals surface area (Å²) in [6.45, 7) is 0.757. The van der Waals surface area contributed by atoms with Crippen LogP contribution < -0.4 is 4.90 Å². The molecule has 0 saturated carbocycles. The Balaban J connectivity index is 1.52. The van der Waals surface area contributed by atoms with E-state index < -0.39 is 0 Å². The molecule has 0 aliphatic carbocycles. The highest BCUT2D eigenvalue weighted by Crippen LogP contribution is 2.37. The third-order valence-corrected chi connectivity index (χ3v) is 6.05. The fourth-order valence-corrected chi connectivity index (χ4v) is 4.87. The average molecular weight is 332 g/mol. The topological polar surface area (TPSA) is 40.6 Å². The first kappa shape index (κ1) is 14.0. The van der Waals surface area contributed by atoms with Crippen LogP contribution >= 0.6 is 22.7 Å². The maximum atomic E-state index is 12.6. The summed E-state index contributed by atoms with van der Waals surface area (Å²) in [5.74, 6) is 0.289. The Labute approximate surface area is 137 Å². The summed E-state index contributed by atoms with van der Waals surface area (Å²) in [5, 5.41) is 5.99. The first-order valence-electron chi connectivity index (χ1n) is 7.40. The van der Waals surface area contributed by atoms with Gasteiger partial charge in [0, 0.05) is 23.2 Å². The summed E-state index contributed by atoms with van der Waals surface area (Å²) < 4.78 is 0. The molecule has 114 valence electrons. The van der Waals surface area contributed by atoms with Gasteiger partial charge in [-0.05, 0) is 29.3 Å². The number of carbonyl (C=O) groups excluding carboxylic acids is 2. The van der Waals surface area contributed by atoms with E-state index in [1.807, 2.05) is 44.1 Å². The molecule has 0 aromatic carbocycles. The van der Waals surface area contributed by atoms with E-state index in [9.17, 15) is 9.59 Å². The van der Waals surface area contributed by atoms with Gasteiger partial charge in [0.25, 0.3) is 0 Å². The summed E-state index contributed by atoms with van der Waals surface area (Å²) in [7, 11) is 0. The molecular weight excluding hydrogens is 316 g/mol. The number of anilines is 1. The molecule has 2 aromatic heterocycles. The second-order valence-electron chi connectivity index (χ2n) is 5.72. The van der Waals surface area contributed by atoms with Crippen molar-refractivity contribution < 1.29 is 9.59 Å². The van der Waals surface area contributed by atoms with Crippen molar-refractivity contribution in [3.05, 3.63) is 39.2 Å². The zero-order valence-electron chi connectivity index (χ0n) is 12.0. The molecule has 2 amide bonds. The molecule has 2 saturated heterocycles. The Morgan fingerprint density at radius 1 is 1.27 bits per heavy atom. The first-order chi connectivity index (χ1) is 10.7. The number of hydrogen-bond acceptors (Lipinski definition) is 4. The largest absolute Gasteiger partial charge is 0.337 e. The summed E-state index contributed by atoms with van der Waals surface area (Å²) in [5.41, 5.74) is 0.982. The van der Waals surface area contributed by atoms with Gasteiger partial charge in [0.2, 0.25) is 11.8 Å². The molecule has 2 aliphatic heterocycles. The third-order valence-electron chi connectivity index (χ3n) is 4.50. The van der Waals surface area contributed by atoms with Gasteiger partial charge in [-0.1, -0.05) is 6.07 Å². The van der Waals surface area contributed by atoms with Crippen molar-refractivity contribution in [3.63, 3.8) is 0 Å². The van der Waals surface area contributed by atoms with Gasteiger partial charge >= 0.3 is 0 Å². The number of amides is 2. The molecule has 2 aromatic rings. The maximum Gasteiger partial charge on any atom is 0.229 e. The fourth-order valence-electron chi connectivity index (χ4n) is 3.55. The Morgan fingerprint density at radius 2 is 2.18 bits per heavy atom. The minimum Gasteiger partial charge on any atom is -0.337 e. The molecule has 4 rings (SSSR count). The van der Waals surface area contributed by atoms with Crippen molar-refractivity contribution in [3.8, 4) is 0 Å². The molecule has 2 aliphatic rings. The van der Waals surface area contributed by atoms with E-state index in [0.717, 1.165) is 23.5 Å². The summed E-state index contributed by atoms with van der Waals surface area (Å²) in [6, 6.07) is 6.14. The normalized spacial score (nSPS) is 24.1. The SMILES string of the molecule is O=C(Cc1cccs1)N1CC[C@@H]2[C@@H]1CC(=O)N2c1ccsc1. The number of fused-ring (bicyclic) bond motifs is 1. The van der Waals surface area contributed by atoms with Crippen LogP contribution in [0.1, 0.15) is 17.7 Å². The predicted molar refractivity (Wildman–Crippen MR) is 88.4 cm³/mol. The molecular formula is C16H16N2O2S2. The van der Waals surface area contributed by atoms with E-state index in [4.69, 9.17) is 0 Å². The second-order valence-corrected chi connectivity index (χ2v) is 7.53. The average Bonchev–Trinajstić information content (AvgIpc) is 3.20. The van der Waals surface area contributed by atoms with Crippen LogP contribution in [0, 0.1) is 0 Å². The molecule has 4 heterocycles. The third kappa shape index (κ3) is 2.27. The van der Waals surface area contributed by atoms with Crippen molar-refractivity contribution in [1.82, 2.24) is 4.90 Å². The van der Waals surface area contributed by atoms with Crippen LogP contribution in [0.3, 0.4) is 0 Å². The summed E-state index contributed by atoms with van der Waals surface area (Å²) in [6.07, 6.45) is 1.78. The van der Waals surface area contributed by atoms with Crippen LogP contribution in [0.25, 0.3) is 0 Å². The monoisotopic (exact) mass is 332 g/mol. The maximum absolute atomic E-state index is 12.6. The Kier molecular flexibility index (Phi) is 3.50. The van der Waals surface area contributed by atoms with E-state index in [0.29, 0.717) is 12.8 Å². The number of thiophene rings is 2. The minimum atomic E-state index is 0.0415. The number of likely N-dealkylation sites (tertiary alicyclic amines) is 1. The second kappa shape index (κ2) is 5.52. The van der Waals surface area contributed by atoms with Gasteiger partial charge in [0.15, 0.2) is 0 Å². The Morgan fingerprint density at radius 3 is 2.91 bits per heavy atom. The highest BCUT2D eigenvalue weighted by molar-refractivity contribution is 7.10. The zero-order chi connectivity index (χ0) is 15.1. The number of carbonyl (C=O) groups is 2. The van der Waals surface area contributed by atoms with Crippen molar-refractivity contribution in [1.29, 1.82) is 0 Å². The Bertz CT molecular complexity index is 681. The molecule has 0 unspecified atom stereocenters. The highest BCUT2D eigenvalue weighted by atomic mass is 32.1. The zero-order valence-corrected chi connectivity index (χ0v) is 13.6. The molecule has 2 fully saturated rings. The van der Waals surface area contributed by atoms with E-state index in [1.54, 1.807) is 22.7 Å². The van der Waals surface area contributed by atoms with Gasteiger partial charge in [-0.2, -0.15) is 11.3 Å². The molecule has 22 heavy (non-hydrogen) atoms. The van der Waals surface area contributed by atoms with Crippen molar-refractivity contribution in [2.45, 2.75) is 31.3 Å². The lowest BCUT2D eigenvalue weighted by Crippen LogP contribution is -2.40. The van der Waals surface area contributed by atoms with Gasteiger partial charge in [0.05, 0.1) is 24.2 Å².